The van der Waals surface area contributed by atoms with Gasteiger partial charge in [0.25, 0.3) is 0 Å². The third kappa shape index (κ3) is 4.11. The summed E-state index contributed by atoms with van der Waals surface area (Å²) in [6.07, 6.45) is -0.142. The number of amides is 1. The van der Waals surface area contributed by atoms with Crippen LogP contribution in [0.2, 0.25) is 0 Å². The Kier molecular flexibility index (Phi) is 5.07. The Morgan fingerprint density at radius 2 is 1.95 bits per heavy atom. The maximum absolute atomic E-state index is 13.5. The molecule has 110 valence electrons. The number of carbonyl (C=O) groups excluding carboxylic acids is 1. The average Bonchev–Trinajstić information content (AvgIpc) is 2.42. The van der Waals surface area contributed by atoms with Crippen molar-refractivity contribution < 1.29 is 13.6 Å². The van der Waals surface area contributed by atoms with Crippen molar-refractivity contribution in [3.8, 4) is 0 Å². The number of halogens is 3. The Morgan fingerprint density at radius 1 is 1.24 bits per heavy atom. The molecule has 0 saturated heterocycles. The molecule has 0 heterocycles. The molecule has 0 fully saturated rings. The molecule has 2 nitrogen and oxygen atoms in total. The minimum atomic E-state index is -0.715. The molecule has 2 rings (SSSR count). The van der Waals surface area contributed by atoms with Gasteiger partial charge in [0, 0.05) is 16.6 Å². The summed E-state index contributed by atoms with van der Waals surface area (Å²) in [6.45, 7) is 1.95. The number of carbonyl (C=O) groups is 1. The Balaban J connectivity index is 2.12. The first-order chi connectivity index (χ1) is 9.97. The molecule has 21 heavy (non-hydrogen) atoms. The molecule has 0 saturated carbocycles. The van der Waals surface area contributed by atoms with E-state index in [0.29, 0.717) is 5.69 Å². The zero-order valence-corrected chi connectivity index (χ0v) is 13.0. The van der Waals surface area contributed by atoms with Crippen LogP contribution in [0.15, 0.2) is 42.5 Å². The lowest BCUT2D eigenvalue weighted by atomic mass is 10.1. The third-order valence-electron chi connectivity index (χ3n) is 3.03. The van der Waals surface area contributed by atoms with Crippen LogP contribution < -0.4 is 5.32 Å². The highest BCUT2D eigenvalue weighted by Crippen LogP contribution is 2.28. The number of benzene rings is 2. The quantitative estimate of drug-likeness (QED) is 0.799. The number of alkyl halides is 1. The van der Waals surface area contributed by atoms with Gasteiger partial charge in [0.1, 0.15) is 11.6 Å². The summed E-state index contributed by atoms with van der Waals surface area (Å²) < 4.78 is 26.4. The number of anilines is 1. The fourth-order valence-electron chi connectivity index (χ4n) is 1.99. The van der Waals surface area contributed by atoms with E-state index >= 15 is 0 Å². The molecule has 1 amide bonds. The minimum absolute atomic E-state index is 0.0801. The van der Waals surface area contributed by atoms with Crippen molar-refractivity contribution in [3.05, 3.63) is 65.2 Å². The van der Waals surface area contributed by atoms with Crippen molar-refractivity contribution in [2.24, 2.45) is 0 Å². The molecular weight excluding hydrogens is 340 g/mol. The zero-order chi connectivity index (χ0) is 15.4. The maximum atomic E-state index is 13.5. The number of rotatable bonds is 4. The standard InChI is InChI=1S/C16H14BrF2NO/c1-10(17)13-4-2-3-5-15(13)20-16(21)8-11-6-7-12(18)9-14(11)19/h2-7,9-10H,8H2,1H3,(H,20,21). The van der Waals surface area contributed by atoms with Gasteiger partial charge in [0.15, 0.2) is 0 Å². The number of hydrogen-bond donors (Lipinski definition) is 1. The van der Waals surface area contributed by atoms with Crippen LogP contribution in [-0.4, -0.2) is 5.91 Å². The lowest BCUT2D eigenvalue weighted by Crippen LogP contribution is -2.16. The summed E-state index contributed by atoms with van der Waals surface area (Å²) in [4.78, 5) is 12.1. The summed E-state index contributed by atoms with van der Waals surface area (Å²) in [7, 11) is 0. The monoisotopic (exact) mass is 353 g/mol. The van der Waals surface area contributed by atoms with Gasteiger partial charge in [-0.05, 0) is 30.2 Å². The van der Waals surface area contributed by atoms with Gasteiger partial charge in [-0.15, -0.1) is 0 Å². The normalized spacial score (nSPS) is 12.0. The van der Waals surface area contributed by atoms with E-state index in [-0.39, 0.29) is 22.7 Å². The van der Waals surface area contributed by atoms with Crippen molar-refractivity contribution in [2.75, 3.05) is 5.32 Å². The fraction of sp³-hybridized carbons (Fsp3) is 0.188. The van der Waals surface area contributed by atoms with Gasteiger partial charge < -0.3 is 5.32 Å². The van der Waals surface area contributed by atoms with E-state index in [4.69, 9.17) is 0 Å². The second-order valence-corrected chi connectivity index (χ2v) is 6.04. The van der Waals surface area contributed by atoms with Crippen LogP contribution in [-0.2, 0) is 11.2 Å². The van der Waals surface area contributed by atoms with Crippen LogP contribution in [0.4, 0.5) is 14.5 Å². The van der Waals surface area contributed by atoms with Gasteiger partial charge >= 0.3 is 0 Å². The summed E-state index contributed by atoms with van der Waals surface area (Å²) in [5.41, 5.74) is 1.78. The highest BCUT2D eigenvalue weighted by Gasteiger charge is 2.12. The Bertz CT molecular complexity index is 658. The second-order valence-electron chi connectivity index (χ2n) is 4.66. The third-order valence-corrected chi connectivity index (χ3v) is 3.52. The van der Waals surface area contributed by atoms with Gasteiger partial charge in [-0.2, -0.15) is 0 Å². The molecule has 0 aliphatic rings. The molecule has 2 aromatic rings. The van der Waals surface area contributed by atoms with Crippen molar-refractivity contribution in [1.29, 1.82) is 0 Å². The van der Waals surface area contributed by atoms with Crippen molar-refractivity contribution in [2.45, 2.75) is 18.2 Å². The molecule has 2 aromatic carbocycles. The zero-order valence-electron chi connectivity index (χ0n) is 11.4. The maximum Gasteiger partial charge on any atom is 0.228 e. The topological polar surface area (TPSA) is 29.1 Å². The Labute approximate surface area is 130 Å². The predicted molar refractivity (Wildman–Crippen MR) is 82.5 cm³/mol. The first kappa shape index (κ1) is 15.6. The average molecular weight is 354 g/mol. The number of para-hydroxylation sites is 1. The molecule has 0 aromatic heterocycles. The highest BCUT2D eigenvalue weighted by molar-refractivity contribution is 9.09. The van der Waals surface area contributed by atoms with E-state index in [1.165, 1.54) is 6.07 Å². The highest BCUT2D eigenvalue weighted by atomic mass is 79.9. The smallest absolute Gasteiger partial charge is 0.228 e. The molecule has 5 heteroatoms. The van der Waals surface area contributed by atoms with Crippen molar-refractivity contribution >= 4 is 27.5 Å². The van der Waals surface area contributed by atoms with Crippen LogP contribution in [0.25, 0.3) is 0 Å². The van der Waals surface area contributed by atoms with Crippen LogP contribution in [0.3, 0.4) is 0 Å². The van der Waals surface area contributed by atoms with Gasteiger partial charge in [0.05, 0.1) is 6.42 Å². The van der Waals surface area contributed by atoms with E-state index in [1.54, 1.807) is 6.07 Å². The van der Waals surface area contributed by atoms with Crippen molar-refractivity contribution in [3.63, 3.8) is 0 Å². The first-order valence-corrected chi connectivity index (χ1v) is 7.35. The van der Waals surface area contributed by atoms with E-state index in [9.17, 15) is 13.6 Å². The van der Waals surface area contributed by atoms with E-state index in [1.807, 2.05) is 25.1 Å². The predicted octanol–water partition coefficient (Wildman–Crippen LogP) is 4.60. The van der Waals surface area contributed by atoms with Crippen molar-refractivity contribution in [1.82, 2.24) is 0 Å². The van der Waals surface area contributed by atoms with E-state index in [2.05, 4.69) is 21.2 Å². The summed E-state index contributed by atoms with van der Waals surface area (Å²) in [5.74, 6) is -1.72. The molecule has 0 aliphatic heterocycles. The SMILES string of the molecule is CC(Br)c1ccccc1NC(=O)Cc1ccc(F)cc1F. The molecular formula is C16H14BrF2NO. The molecule has 0 bridgehead atoms. The fourth-order valence-corrected chi connectivity index (χ4v) is 2.39. The Morgan fingerprint density at radius 3 is 2.62 bits per heavy atom. The molecule has 0 aliphatic carbocycles. The molecule has 1 N–H and O–H groups in total. The first-order valence-electron chi connectivity index (χ1n) is 6.44. The lowest BCUT2D eigenvalue weighted by Gasteiger charge is -2.13. The molecule has 1 atom stereocenters. The van der Waals surface area contributed by atoms with Gasteiger partial charge in [0.2, 0.25) is 5.91 Å². The minimum Gasteiger partial charge on any atom is -0.326 e. The second kappa shape index (κ2) is 6.80. The van der Waals surface area contributed by atoms with Crippen LogP contribution in [0, 0.1) is 11.6 Å². The van der Waals surface area contributed by atoms with Crippen LogP contribution in [0.5, 0.6) is 0 Å². The molecule has 0 spiro atoms. The number of nitrogens with one attached hydrogen (secondary N) is 1. The van der Waals surface area contributed by atoms with Crippen LogP contribution >= 0.6 is 15.9 Å². The Hall–Kier alpha value is -1.75. The van der Waals surface area contributed by atoms with E-state index < -0.39 is 11.6 Å². The molecule has 0 radical (unpaired) electrons. The molecule has 1 unspecified atom stereocenters. The van der Waals surface area contributed by atoms with E-state index in [0.717, 1.165) is 17.7 Å². The van der Waals surface area contributed by atoms with Crippen LogP contribution in [0.1, 0.15) is 22.9 Å². The van der Waals surface area contributed by atoms with Gasteiger partial charge in [-0.1, -0.05) is 40.2 Å². The largest absolute Gasteiger partial charge is 0.326 e. The summed E-state index contributed by atoms with van der Waals surface area (Å²) in [6, 6.07) is 10.6. The lowest BCUT2D eigenvalue weighted by molar-refractivity contribution is -0.115. The number of hydrogen-bond acceptors (Lipinski definition) is 1. The summed E-state index contributed by atoms with van der Waals surface area (Å²) in [5, 5.41) is 2.75. The van der Waals surface area contributed by atoms with Gasteiger partial charge in [-0.25, -0.2) is 8.78 Å². The summed E-state index contributed by atoms with van der Waals surface area (Å²) >= 11 is 3.46. The van der Waals surface area contributed by atoms with Gasteiger partial charge in [-0.3, -0.25) is 4.79 Å².